The zero-order valence-electron chi connectivity index (χ0n) is 11.8. The van der Waals surface area contributed by atoms with Crippen molar-refractivity contribution in [2.24, 2.45) is 4.99 Å². The van der Waals surface area contributed by atoms with Gasteiger partial charge in [0.05, 0.1) is 16.3 Å². The average Bonchev–Trinajstić information content (AvgIpc) is 2.55. The fraction of sp³-hybridized carbons (Fsp3) is 0.188. The Balaban J connectivity index is 1.62. The lowest BCUT2D eigenvalue weighted by Crippen LogP contribution is -2.10. The van der Waals surface area contributed by atoms with E-state index in [2.05, 4.69) is 11.1 Å². The molecule has 0 saturated heterocycles. The largest absolute Gasteiger partial charge is 0.235 e. The third kappa shape index (κ3) is 3.74. The first-order valence-electron chi connectivity index (χ1n) is 6.85. The summed E-state index contributed by atoms with van der Waals surface area (Å²) >= 11 is 3.19. The van der Waals surface area contributed by atoms with Crippen LogP contribution in [0.15, 0.2) is 64.5 Å². The molecule has 114 valence electrons. The molecule has 3 rings (SSSR count). The molecule has 0 aromatic heterocycles. The van der Waals surface area contributed by atoms with Gasteiger partial charge >= 0.3 is 0 Å². The Hall–Kier alpha value is -1.24. The Kier molecular flexibility index (Phi) is 4.90. The Labute approximate surface area is 139 Å². The van der Waals surface area contributed by atoms with Gasteiger partial charge in [-0.2, -0.15) is 0 Å². The van der Waals surface area contributed by atoms with Crippen LogP contribution < -0.4 is 0 Å². The molecule has 0 fully saturated rings. The monoisotopic (exact) mass is 349 g/mol. The Morgan fingerprint density at radius 2 is 1.77 bits per heavy atom. The van der Waals surface area contributed by atoms with Crippen molar-refractivity contribution in [2.75, 3.05) is 11.5 Å². The first-order chi connectivity index (χ1) is 10.6. The van der Waals surface area contributed by atoms with Gasteiger partial charge in [-0.1, -0.05) is 59.9 Å². The maximum absolute atomic E-state index is 12.2. The number of para-hydroxylation sites is 1. The highest BCUT2D eigenvalue weighted by Crippen LogP contribution is 2.34. The number of hydrogen-bond acceptors (Lipinski definition) is 5. The minimum Gasteiger partial charge on any atom is -0.235 e. The standard InChI is InChI=1S/C16H15NO2S3/c18-22(19,14-7-2-1-3-8-14)11-10-20-16-17-15-9-5-4-6-13(15)12-21-16/h1-9H,10-12H2. The summed E-state index contributed by atoms with van der Waals surface area (Å²) in [5.41, 5.74) is 2.23. The van der Waals surface area contributed by atoms with Crippen molar-refractivity contribution in [1.82, 2.24) is 0 Å². The Bertz CT molecular complexity index is 786. The number of fused-ring (bicyclic) bond motifs is 1. The van der Waals surface area contributed by atoms with Crippen molar-refractivity contribution >= 4 is 43.4 Å². The summed E-state index contributed by atoms with van der Waals surface area (Å²) in [6.07, 6.45) is 0. The molecule has 0 saturated carbocycles. The van der Waals surface area contributed by atoms with E-state index in [9.17, 15) is 8.42 Å². The number of rotatable bonds is 4. The van der Waals surface area contributed by atoms with Gasteiger partial charge in [0.15, 0.2) is 9.84 Å². The molecule has 0 spiro atoms. The summed E-state index contributed by atoms with van der Waals surface area (Å²) in [6, 6.07) is 16.7. The minimum absolute atomic E-state index is 0.128. The first kappa shape index (κ1) is 15.6. The highest BCUT2D eigenvalue weighted by atomic mass is 32.2. The van der Waals surface area contributed by atoms with E-state index in [1.54, 1.807) is 36.0 Å². The number of thioether (sulfide) groups is 2. The molecule has 3 nitrogen and oxygen atoms in total. The Morgan fingerprint density at radius 3 is 2.59 bits per heavy atom. The highest BCUT2D eigenvalue weighted by molar-refractivity contribution is 8.38. The maximum atomic E-state index is 12.2. The molecule has 2 aromatic rings. The lowest BCUT2D eigenvalue weighted by Gasteiger charge is -2.14. The van der Waals surface area contributed by atoms with Crippen LogP contribution in [0.2, 0.25) is 0 Å². The van der Waals surface area contributed by atoms with Crippen molar-refractivity contribution in [1.29, 1.82) is 0 Å². The summed E-state index contributed by atoms with van der Waals surface area (Å²) < 4.78 is 25.4. The van der Waals surface area contributed by atoms with E-state index in [4.69, 9.17) is 0 Å². The van der Waals surface area contributed by atoms with Crippen LogP contribution in [-0.2, 0) is 15.6 Å². The molecular formula is C16H15NO2S3. The fourth-order valence-corrected chi connectivity index (χ4v) is 5.87. The van der Waals surface area contributed by atoms with E-state index in [1.807, 2.05) is 24.3 Å². The van der Waals surface area contributed by atoms with Crippen molar-refractivity contribution in [3.05, 3.63) is 60.2 Å². The second kappa shape index (κ2) is 6.89. The predicted molar refractivity (Wildman–Crippen MR) is 95.8 cm³/mol. The smallest absolute Gasteiger partial charge is 0.179 e. The molecule has 22 heavy (non-hydrogen) atoms. The fourth-order valence-electron chi connectivity index (χ4n) is 2.07. The van der Waals surface area contributed by atoms with Gasteiger partial charge in [0, 0.05) is 11.5 Å². The summed E-state index contributed by atoms with van der Waals surface area (Å²) in [5.74, 6) is 1.54. The molecule has 1 aliphatic heterocycles. The summed E-state index contributed by atoms with van der Waals surface area (Å²) in [6.45, 7) is 0. The van der Waals surface area contributed by atoms with E-state index >= 15 is 0 Å². The number of hydrogen-bond donors (Lipinski definition) is 0. The summed E-state index contributed by atoms with van der Waals surface area (Å²) in [4.78, 5) is 4.97. The van der Waals surface area contributed by atoms with Crippen LogP contribution in [0, 0.1) is 0 Å². The normalized spacial score (nSPS) is 14.3. The van der Waals surface area contributed by atoms with E-state index in [0.717, 1.165) is 15.8 Å². The molecule has 6 heteroatoms. The molecule has 1 aliphatic rings. The van der Waals surface area contributed by atoms with Crippen molar-refractivity contribution in [3.63, 3.8) is 0 Å². The number of sulfone groups is 1. The lowest BCUT2D eigenvalue weighted by atomic mass is 10.2. The molecule has 0 aliphatic carbocycles. The molecule has 0 atom stereocenters. The van der Waals surface area contributed by atoms with Crippen LogP contribution in [0.5, 0.6) is 0 Å². The van der Waals surface area contributed by atoms with Gasteiger partial charge in [-0.25, -0.2) is 13.4 Å². The predicted octanol–water partition coefficient (Wildman–Crippen LogP) is 4.13. The van der Waals surface area contributed by atoms with Gasteiger partial charge < -0.3 is 0 Å². The van der Waals surface area contributed by atoms with Gasteiger partial charge in [-0.15, -0.1) is 0 Å². The topological polar surface area (TPSA) is 46.5 Å². The molecule has 0 unspecified atom stereocenters. The van der Waals surface area contributed by atoms with Crippen molar-refractivity contribution in [2.45, 2.75) is 10.6 Å². The molecule has 1 heterocycles. The molecule has 0 amide bonds. The third-order valence-corrected chi connectivity index (χ3v) is 7.47. The molecule has 0 radical (unpaired) electrons. The SMILES string of the molecule is O=S(=O)(CCSC1=Nc2ccccc2CS1)c1ccccc1. The van der Waals surface area contributed by atoms with Crippen LogP contribution >= 0.6 is 23.5 Å². The van der Waals surface area contributed by atoms with Gasteiger partial charge in [-0.05, 0) is 23.8 Å². The van der Waals surface area contributed by atoms with E-state index in [0.29, 0.717) is 10.6 Å². The minimum atomic E-state index is -3.21. The van der Waals surface area contributed by atoms with Crippen molar-refractivity contribution < 1.29 is 8.42 Å². The van der Waals surface area contributed by atoms with Gasteiger partial charge in [0.1, 0.15) is 4.38 Å². The van der Waals surface area contributed by atoms with Crippen LogP contribution in [0.25, 0.3) is 0 Å². The molecular weight excluding hydrogens is 334 g/mol. The maximum Gasteiger partial charge on any atom is 0.179 e. The van der Waals surface area contributed by atoms with Crippen LogP contribution in [-0.4, -0.2) is 24.3 Å². The zero-order chi connectivity index (χ0) is 15.4. The van der Waals surface area contributed by atoms with Crippen LogP contribution in [0.1, 0.15) is 5.56 Å². The molecule has 0 N–H and O–H groups in total. The zero-order valence-corrected chi connectivity index (χ0v) is 14.3. The average molecular weight is 350 g/mol. The van der Waals surface area contributed by atoms with Gasteiger partial charge in [0.25, 0.3) is 0 Å². The third-order valence-electron chi connectivity index (χ3n) is 3.23. The van der Waals surface area contributed by atoms with E-state index in [-0.39, 0.29) is 5.75 Å². The highest BCUT2D eigenvalue weighted by Gasteiger charge is 2.16. The van der Waals surface area contributed by atoms with E-state index < -0.39 is 9.84 Å². The second-order valence-electron chi connectivity index (χ2n) is 4.78. The summed E-state index contributed by atoms with van der Waals surface area (Å²) in [5, 5.41) is 0. The Morgan fingerprint density at radius 1 is 1.05 bits per heavy atom. The number of benzene rings is 2. The van der Waals surface area contributed by atoms with Gasteiger partial charge in [-0.3, -0.25) is 0 Å². The molecule has 2 aromatic carbocycles. The first-order valence-corrected chi connectivity index (χ1v) is 10.5. The van der Waals surface area contributed by atoms with Crippen LogP contribution in [0.4, 0.5) is 5.69 Å². The quantitative estimate of drug-likeness (QED) is 0.833. The second-order valence-corrected chi connectivity index (χ2v) is 9.19. The van der Waals surface area contributed by atoms with Crippen LogP contribution in [0.3, 0.4) is 0 Å². The summed E-state index contributed by atoms with van der Waals surface area (Å²) in [7, 11) is -3.21. The number of nitrogens with zero attached hydrogens (tertiary/aromatic N) is 1. The number of aliphatic imine (C=N–C) groups is 1. The lowest BCUT2D eigenvalue weighted by molar-refractivity contribution is 0.597. The molecule has 0 bridgehead atoms. The van der Waals surface area contributed by atoms with E-state index in [1.165, 1.54) is 17.3 Å². The van der Waals surface area contributed by atoms with Gasteiger partial charge in [0.2, 0.25) is 0 Å². The van der Waals surface area contributed by atoms with Crippen molar-refractivity contribution in [3.8, 4) is 0 Å².